The number of aromatic nitrogens is 3. The van der Waals surface area contributed by atoms with Crippen LogP contribution in [0.3, 0.4) is 0 Å². The van der Waals surface area contributed by atoms with Crippen LogP contribution in [0.5, 0.6) is 0 Å². The second-order valence-electron chi connectivity index (χ2n) is 2.89. The van der Waals surface area contributed by atoms with Crippen LogP contribution in [-0.4, -0.2) is 15.0 Å². The molecule has 0 bridgehead atoms. The van der Waals surface area contributed by atoms with Crippen LogP contribution in [0.4, 0.5) is 0 Å². The third-order valence-electron chi connectivity index (χ3n) is 1.93. The van der Waals surface area contributed by atoms with E-state index in [1.165, 1.54) is 0 Å². The first-order valence-corrected chi connectivity index (χ1v) is 4.54. The van der Waals surface area contributed by atoms with E-state index >= 15 is 0 Å². The lowest BCUT2D eigenvalue weighted by molar-refractivity contribution is 1.18. The van der Waals surface area contributed by atoms with Gasteiger partial charge in [0, 0.05) is 30.4 Å². The van der Waals surface area contributed by atoms with Crippen molar-refractivity contribution in [3.8, 4) is 11.3 Å². The molecule has 2 heterocycles. The van der Waals surface area contributed by atoms with Crippen LogP contribution in [0, 0.1) is 6.92 Å². The van der Waals surface area contributed by atoms with E-state index in [1.54, 1.807) is 24.8 Å². The molecule has 0 saturated heterocycles. The van der Waals surface area contributed by atoms with Gasteiger partial charge in [-0.25, -0.2) is 4.98 Å². The maximum absolute atomic E-state index is 5.94. The molecule has 0 saturated carbocycles. The van der Waals surface area contributed by atoms with Crippen LogP contribution in [0.25, 0.3) is 11.3 Å². The number of hydrogen-bond donors (Lipinski definition) is 0. The maximum atomic E-state index is 5.94. The average Bonchev–Trinajstić information content (AvgIpc) is 2.20. The lowest BCUT2D eigenvalue weighted by Gasteiger charge is -2.04. The highest BCUT2D eigenvalue weighted by Gasteiger charge is 2.07. The molecule has 2 aromatic heterocycles. The van der Waals surface area contributed by atoms with E-state index < -0.39 is 0 Å². The lowest BCUT2D eigenvalue weighted by atomic mass is 10.1. The second kappa shape index (κ2) is 3.72. The summed E-state index contributed by atoms with van der Waals surface area (Å²) in [6.07, 6.45) is 6.69. The first-order chi connectivity index (χ1) is 6.79. The summed E-state index contributed by atoms with van der Waals surface area (Å²) in [6.45, 7) is 1.97. The Morgan fingerprint density at radius 3 is 2.64 bits per heavy atom. The molecule has 14 heavy (non-hydrogen) atoms. The SMILES string of the molecule is Cc1cnccc1-c1nccnc1Cl. The van der Waals surface area contributed by atoms with Crippen LogP contribution in [0.1, 0.15) is 5.56 Å². The van der Waals surface area contributed by atoms with Crippen molar-refractivity contribution in [1.82, 2.24) is 15.0 Å². The van der Waals surface area contributed by atoms with Crippen LogP contribution >= 0.6 is 11.6 Å². The summed E-state index contributed by atoms with van der Waals surface area (Å²) in [4.78, 5) is 12.2. The molecule has 0 radical (unpaired) electrons. The smallest absolute Gasteiger partial charge is 0.155 e. The molecule has 2 aromatic rings. The number of halogens is 1. The van der Waals surface area contributed by atoms with Gasteiger partial charge in [0.05, 0.1) is 0 Å². The van der Waals surface area contributed by atoms with E-state index in [2.05, 4.69) is 15.0 Å². The molecule has 0 atom stereocenters. The molecule has 0 N–H and O–H groups in total. The number of nitrogens with zero attached hydrogens (tertiary/aromatic N) is 3. The van der Waals surface area contributed by atoms with Gasteiger partial charge in [-0.05, 0) is 18.6 Å². The number of hydrogen-bond acceptors (Lipinski definition) is 3. The summed E-state index contributed by atoms with van der Waals surface area (Å²) in [5.41, 5.74) is 2.71. The fourth-order valence-electron chi connectivity index (χ4n) is 1.24. The quantitative estimate of drug-likeness (QED) is 0.718. The molecule has 0 amide bonds. The Morgan fingerprint density at radius 2 is 1.93 bits per heavy atom. The van der Waals surface area contributed by atoms with Crippen LogP contribution in [0.15, 0.2) is 30.9 Å². The van der Waals surface area contributed by atoms with Gasteiger partial charge in [-0.3, -0.25) is 9.97 Å². The highest BCUT2D eigenvalue weighted by atomic mass is 35.5. The summed E-state index contributed by atoms with van der Waals surface area (Å²) < 4.78 is 0. The first-order valence-electron chi connectivity index (χ1n) is 4.16. The van der Waals surface area contributed by atoms with Gasteiger partial charge in [0.15, 0.2) is 5.15 Å². The molecule has 2 rings (SSSR count). The van der Waals surface area contributed by atoms with E-state index in [0.29, 0.717) is 10.8 Å². The molecule has 0 fully saturated rings. The molecule has 4 heteroatoms. The number of rotatable bonds is 1. The molecule has 0 unspecified atom stereocenters. The molecular weight excluding hydrogens is 198 g/mol. The summed E-state index contributed by atoms with van der Waals surface area (Å²) in [7, 11) is 0. The first kappa shape index (κ1) is 9.09. The van der Waals surface area contributed by atoms with E-state index in [0.717, 1.165) is 11.1 Å². The van der Waals surface area contributed by atoms with Crippen molar-refractivity contribution in [3.63, 3.8) is 0 Å². The minimum atomic E-state index is 0.418. The molecule has 0 aliphatic heterocycles. The predicted molar refractivity (Wildman–Crippen MR) is 55.0 cm³/mol. The summed E-state index contributed by atoms with van der Waals surface area (Å²) in [6, 6.07) is 1.88. The van der Waals surface area contributed by atoms with Gasteiger partial charge < -0.3 is 0 Å². The highest BCUT2D eigenvalue weighted by molar-refractivity contribution is 6.31. The zero-order chi connectivity index (χ0) is 9.97. The van der Waals surface area contributed by atoms with Crippen molar-refractivity contribution < 1.29 is 0 Å². The van der Waals surface area contributed by atoms with Crippen molar-refractivity contribution in [2.24, 2.45) is 0 Å². The predicted octanol–water partition coefficient (Wildman–Crippen LogP) is 2.50. The molecule has 0 aliphatic carbocycles. The summed E-state index contributed by atoms with van der Waals surface area (Å²) in [5, 5.41) is 0.418. The number of pyridine rings is 1. The highest BCUT2D eigenvalue weighted by Crippen LogP contribution is 2.25. The van der Waals surface area contributed by atoms with Crippen molar-refractivity contribution in [2.45, 2.75) is 6.92 Å². The molecule has 3 nitrogen and oxygen atoms in total. The van der Waals surface area contributed by atoms with Crippen LogP contribution < -0.4 is 0 Å². The van der Waals surface area contributed by atoms with Crippen molar-refractivity contribution in [2.75, 3.05) is 0 Å². The minimum absolute atomic E-state index is 0.418. The van der Waals surface area contributed by atoms with Gasteiger partial charge in [-0.2, -0.15) is 0 Å². The van der Waals surface area contributed by atoms with Gasteiger partial charge in [-0.1, -0.05) is 11.6 Å². The molecular formula is C10H8ClN3. The van der Waals surface area contributed by atoms with E-state index in [-0.39, 0.29) is 0 Å². The number of aryl methyl sites for hydroxylation is 1. The second-order valence-corrected chi connectivity index (χ2v) is 3.24. The Bertz CT molecular complexity index is 413. The fraction of sp³-hybridized carbons (Fsp3) is 0.100. The topological polar surface area (TPSA) is 38.7 Å². The van der Waals surface area contributed by atoms with E-state index in [9.17, 15) is 0 Å². The molecule has 0 spiro atoms. The minimum Gasteiger partial charge on any atom is -0.264 e. The van der Waals surface area contributed by atoms with Crippen molar-refractivity contribution in [3.05, 3.63) is 41.6 Å². The van der Waals surface area contributed by atoms with E-state index in [1.807, 2.05) is 13.0 Å². The van der Waals surface area contributed by atoms with Crippen molar-refractivity contribution in [1.29, 1.82) is 0 Å². The van der Waals surface area contributed by atoms with Gasteiger partial charge in [0.1, 0.15) is 5.69 Å². The Morgan fingerprint density at radius 1 is 1.14 bits per heavy atom. The van der Waals surface area contributed by atoms with Gasteiger partial charge >= 0.3 is 0 Å². The maximum Gasteiger partial charge on any atom is 0.155 e. The largest absolute Gasteiger partial charge is 0.264 e. The summed E-state index contributed by atoms with van der Waals surface area (Å²) in [5.74, 6) is 0. The van der Waals surface area contributed by atoms with Gasteiger partial charge in [-0.15, -0.1) is 0 Å². The zero-order valence-corrected chi connectivity index (χ0v) is 8.36. The molecule has 0 aliphatic rings. The Labute approximate surface area is 86.8 Å². The van der Waals surface area contributed by atoms with Crippen molar-refractivity contribution >= 4 is 11.6 Å². The average molecular weight is 206 g/mol. The normalized spacial score (nSPS) is 10.1. The Kier molecular flexibility index (Phi) is 2.41. The third kappa shape index (κ3) is 1.59. The molecule has 0 aromatic carbocycles. The van der Waals surface area contributed by atoms with E-state index in [4.69, 9.17) is 11.6 Å². The van der Waals surface area contributed by atoms with Gasteiger partial charge in [0.2, 0.25) is 0 Å². The van der Waals surface area contributed by atoms with Crippen LogP contribution in [-0.2, 0) is 0 Å². The van der Waals surface area contributed by atoms with Crippen LogP contribution in [0.2, 0.25) is 5.15 Å². The Hall–Kier alpha value is -1.48. The third-order valence-corrected chi connectivity index (χ3v) is 2.21. The molecule has 70 valence electrons. The monoisotopic (exact) mass is 205 g/mol. The summed E-state index contributed by atoms with van der Waals surface area (Å²) >= 11 is 5.94. The fourth-order valence-corrected chi connectivity index (χ4v) is 1.45. The standard InChI is InChI=1S/C10H8ClN3/c1-7-6-12-3-2-8(7)9-10(11)14-5-4-13-9/h2-6H,1H3. The lowest BCUT2D eigenvalue weighted by Crippen LogP contribution is -1.90. The van der Waals surface area contributed by atoms with Gasteiger partial charge in [0.25, 0.3) is 0 Å². The zero-order valence-electron chi connectivity index (χ0n) is 7.61. The Balaban J connectivity index is 2.61.